The summed E-state index contributed by atoms with van der Waals surface area (Å²) in [6.45, 7) is 0. The average molecular weight is 218 g/mol. The zero-order valence-electron chi connectivity index (χ0n) is 8.08. The van der Waals surface area contributed by atoms with Crippen molar-refractivity contribution in [3.05, 3.63) is 60.7 Å². The van der Waals surface area contributed by atoms with Gasteiger partial charge in [0.1, 0.15) is 0 Å². The number of benzene rings is 2. The van der Waals surface area contributed by atoms with Crippen molar-refractivity contribution in [1.29, 1.82) is 0 Å². The van der Waals surface area contributed by atoms with E-state index in [9.17, 15) is 9.46 Å². The maximum absolute atomic E-state index is 12.2. The molecule has 2 aromatic rings. The fourth-order valence-corrected chi connectivity index (χ4v) is 2.86. The fourth-order valence-electron chi connectivity index (χ4n) is 1.41. The van der Waals surface area contributed by atoms with E-state index in [4.69, 9.17) is 0 Å². The predicted molar refractivity (Wildman–Crippen MR) is 62.0 cm³/mol. The molecule has 76 valence electrons. The van der Waals surface area contributed by atoms with Crippen LogP contribution in [0.4, 0.5) is 0 Å². The Morgan fingerprint density at radius 3 is 1.40 bits per heavy atom. The van der Waals surface area contributed by atoms with Gasteiger partial charge in [0.05, 0.1) is 0 Å². The molecule has 0 spiro atoms. The Hall–Kier alpha value is -1.37. The van der Waals surface area contributed by atoms with Crippen molar-refractivity contribution in [2.75, 3.05) is 0 Å². The van der Waals surface area contributed by atoms with Crippen LogP contribution in [-0.4, -0.2) is 4.89 Å². The highest BCUT2D eigenvalue weighted by atomic mass is 31.2. The third-order valence-electron chi connectivity index (χ3n) is 2.21. The highest BCUT2D eigenvalue weighted by Crippen LogP contribution is 2.37. The summed E-state index contributed by atoms with van der Waals surface area (Å²) in [5.74, 6) is 0. The van der Waals surface area contributed by atoms with Gasteiger partial charge in [-0.25, -0.2) is 0 Å². The van der Waals surface area contributed by atoms with Crippen LogP contribution in [0.1, 0.15) is 0 Å². The minimum absolute atomic E-state index is 0.469. The predicted octanol–water partition coefficient (Wildman–Crippen LogP) is 1.91. The normalized spacial score (nSPS) is 11.3. The van der Waals surface area contributed by atoms with Gasteiger partial charge in [0.2, 0.25) is 0 Å². The summed E-state index contributed by atoms with van der Waals surface area (Å²) in [7, 11) is -3.40. The van der Waals surface area contributed by atoms with Crippen LogP contribution in [-0.2, 0) is 4.57 Å². The number of hydrogen-bond donors (Lipinski definition) is 1. The molecule has 0 fully saturated rings. The maximum atomic E-state index is 12.2. The van der Waals surface area contributed by atoms with Gasteiger partial charge >= 0.3 is 0 Å². The summed E-state index contributed by atoms with van der Waals surface area (Å²) in [5.41, 5.74) is 0. The summed E-state index contributed by atoms with van der Waals surface area (Å²) in [6.07, 6.45) is 0. The third-order valence-corrected chi connectivity index (χ3v) is 4.21. The summed E-state index contributed by atoms with van der Waals surface area (Å²) in [4.78, 5) is 10.0. The molecule has 0 aromatic heterocycles. The van der Waals surface area contributed by atoms with Gasteiger partial charge < -0.3 is 4.89 Å². The van der Waals surface area contributed by atoms with E-state index >= 15 is 0 Å². The molecule has 2 aromatic carbocycles. The van der Waals surface area contributed by atoms with Crippen LogP contribution < -0.4 is 10.6 Å². The second-order valence-corrected chi connectivity index (χ2v) is 5.43. The Balaban J connectivity index is 2.50. The Bertz CT molecular complexity index is 436. The standard InChI is InChI=1S/C12H11O2P/c13-15(14,11-7-3-1-4-8-11)12-9-5-2-6-10-12/h1-10H,(H,13,14). The Labute approximate surface area is 88.7 Å². The van der Waals surface area contributed by atoms with Gasteiger partial charge in [0.15, 0.2) is 0 Å². The van der Waals surface area contributed by atoms with Crippen LogP contribution in [0.5, 0.6) is 0 Å². The SMILES string of the molecule is O=P(O)(c1ccccc1)c1ccccc1. The molecule has 0 aliphatic heterocycles. The van der Waals surface area contributed by atoms with E-state index in [0.29, 0.717) is 10.6 Å². The highest BCUT2D eigenvalue weighted by Gasteiger charge is 2.22. The summed E-state index contributed by atoms with van der Waals surface area (Å²) < 4.78 is 12.2. The lowest BCUT2D eigenvalue weighted by atomic mass is 10.4. The molecule has 0 bridgehead atoms. The third kappa shape index (κ3) is 2.01. The molecule has 0 saturated carbocycles. The van der Waals surface area contributed by atoms with E-state index in [-0.39, 0.29) is 0 Å². The minimum atomic E-state index is -3.40. The molecular formula is C12H11O2P. The van der Waals surface area contributed by atoms with Crippen LogP contribution >= 0.6 is 7.37 Å². The van der Waals surface area contributed by atoms with E-state index in [1.807, 2.05) is 12.1 Å². The van der Waals surface area contributed by atoms with Crippen LogP contribution in [0.2, 0.25) is 0 Å². The van der Waals surface area contributed by atoms with Crippen LogP contribution in [0.15, 0.2) is 60.7 Å². The molecule has 3 heteroatoms. The molecule has 1 N–H and O–H groups in total. The summed E-state index contributed by atoms with van der Waals surface area (Å²) >= 11 is 0. The van der Waals surface area contributed by atoms with E-state index in [1.165, 1.54) is 0 Å². The van der Waals surface area contributed by atoms with Crippen LogP contribution in [0.25, 0.3) is 0 Å². The van der Waals surface area contributed by atoms with Gasteiger partial charge in [-0.3, -0.25) is 4.57 Å². The van der Waals surface area contributed by atoms with Gasteiger partial charge in [-0.05, 0) is 24.3 Å². The lowest BCUT2D eigenvalue weighted by Gasteiger charge is -2.11. The summed E-state index contributed by atoms with van der Waals surface area (Å²) in [6, 6.07) is 17.4. The minimum Gasteiger partial charge on any atom is -0.338 e. The van der Waals surface area contributed by atoms with E-state index in [1.54, 1.807) is 48.5 Å². The maximum Gasteiger partial charge on any atom is 0.258 e. The fraction of sp³-hybridized carbons (Fsp3) is 0. The molecule has 0 heterocycles. The van der Waals surface area contributed by atoms with Crippen molar-refractivity contribution in [3.8, 4) is 0 Å². The molecule has 0 amide bonds. The second kappa shape index (κ2) is 4.01. The van der Waals surface area contributed by atoms with Crippen LogP contribution in [0.3, 0.4) is 0 Å². The van der Waals surface area contributed by atoms with Crippen molar-refractivity contribution in [2.45, 2.75) is 0 Å². The molecule has 0 unspecified atom stereocenters. The van der Waals surface area contributed by atoms with Gasteiger partial charge in [-0.1, -0.05) is 36.4 Å². The zero-order valence-corrected chi connectivity index (χ0v) is 8.97. The molecule has 15 heavy (non-hydrogen) atoms. The molecule has 2 nitrogen and oxygen atoms in total. The smallest absolute Gasteiger partial charge is 0.258 e. The van der Waals surface area contributed by atoms with Crippen LogP contribution in [0, 0.1) is 0 Å². The first-order valence-electron chi connectivity index (χ1n) is 4.65. The second-order valence-electron chi connectivity index (χ2n) is 3.25. The van der Waals surface area contributed by atoms with Crippen molar-refractivity contribution in [3.63, 3.8) is 0 Å². The van der Waals surface area contributed by atoms with Crippen molar-refractivity contribution >= 4 is 18.0 Å². The highest BCUT2D eigenvalue weighted by molar-refractivity contribution is 7.73. The Kier molecular flexibility index (Phi) is 2.72. The molecule has 2 rings (SSSR count). The summed E-state index contributed by atoms with van der Waals surface area (Å²) in [5, 5.41) is 0.937. The van der Waals surface area contributed by atoms with Crippen molar-refractivity contribution < 1.29 is 9.46 Å². The Morgan fingerprint density at radius 2 is 1.07 bits per heavy atom. The lowest BCUT2D eigenvalue weighted by Crippen LogP contribution is -2.14. The number of rotatable bonds is 2. The topological polar surface area (TPSA) is 37.3 Å². The largest absolute Gasteiger partial charge is 0.338 e. The quantitative estimate of drug-likeness (QED) is 0.782. The molecule has 0 aliphatic carbocycles. The van der Waals surface area contributed by atoms with Crippen molar-refractivity contribution in [1.82, 2.24) is 0 Å². The number of hydrogen-bond acceptors (Lipinski definition) is 1. The van der Waals surface area contributed by atoms with E-state index < -0.39 is 7.37 Å². The Morgan fingerprint density at radius 1 is 0.733 bits per heavy atom. The molecular weight excluding hydrogens is 207 g/mol. The monoisotopic (exact) mass is 218 g/mol. The molecule has 0 aliphatic rings. The van der Waals surface area contributed by atoms with Gasteiger partial charge in [0.25, 0.3) is 7.37 Å². The first-order valence-corrected chi connectivity index (χ1v) is 6.31. The van der Waals surface area contributed by atoms with Gasteiger partial charge in [0, 0.05) is 10.6 Å². The van der Waals surface area contributed by atoms with Gasteiger partial charge in [-0.15, -0.1) is 0 Å². The van der Waals surface area contributed by atoms with E-state index in [2.05, 4.69) is 0 Å². The average Bonchev–Trinajstić information content (AvgIpc) is 2.31. The first kappa shape index (κ1) is 10.2. The first-order chi connectivity index (χ1) is 7.21. The lowest BCUT2D eigenvalue weighted by molar-refractivity contribution is 0.501. The molecule has 0 saturated heterocycles. The zero-order chi connectivity index (χ0) is 10.7. The van der Waals surface area contributed by atoms with Crippen molar-refractivity contribution in [2.24, 2.45) is 0 Å². The van der Waals surface area contributed by atoms with Gasteiger partial charge in [-0.2, -0.15) is 0 Å². The molecule has 0 atom stereocenters. The molecule has 0 radical (unpaired) electrons. The van der Waals surface area contributed by atoms with E-state index in [0.717, 1.165) is 0 Å².